The number of halogens is 2. The van der Waals surface area contributed by atoms with Crippen LogP contribution in [0.4, 0.5) is 14.6 Å². The Hall–Kier alpha value is -4.71. The summed E-state index contributed by atoms with van der Waals surface area (Å²) in [5, 5.41) is 0.285. The number of amides is 1. The first-order valence-corrected chi connectivity index (χ1v) is 15.4. The molecular weight excluding hydrogens is 594 g/mol. The Labute approximate surface area is 265 Å². The Kier molecular flexibility index (Phi) is 8.81. The number of methoxy groups -OCH3 is 1. The topological polar surface area (TPSA) is 103 Å². The second-order valence-electron chi connectivity index (χ2n) is 11.9. The molecule has 1 amide bonds. The van der Waals surface area contributed by atoms with Crippen LogP contribution in [0.25, 0.3) is 28.0 Å². The molecule has 240 valence electrons. The van der Waals surface area contributed by atoms with E-state index in [-0.39, 0.29) is 58.3 Å². The Morgan fingerprint density at radius 1 is 1.17 bits per heavy atom. The molecule has 2 bridgehead atoms. The van der Waals surface area contributed by atoms with Crippen LogP contribution in [0.15, 0.2) is 53.5 Å². The molecule has 1 atom stereocenters. The summed E-state index contributed by atoms with van der Waals surface area (Å²) < 4.78 is 44.0. The lowest BCUT2D eigenvalue weighted by Gasteiger charge is -2.40. The molecule has 5 heterocycles. The number of fused-ring (bicyclic) bond motifs is 5. The van der Waals surface area contributed by atoms with Gasteiger partial charge in [-0.3, -0.25) is 9.78 Å². The number of rotatable bonds is 5. The molecule has 0 N–H and O–H groups in total. The van der Waals surface area contributed by atoms with Crippen molar-refractivity contribution in [1.29, 1.82) is 0 Å². The SMILES string of the molecule is COC/C=C/C(=O)N1CCN(c2nc(=O)n3c4nc(c(F)cc24)-c2c(F)cccc2OCCCc2ccnc(C(C)C)c2-3)[C@@H](C)C1. The van der Waals surface area contributed by atoms with E-state index in [2.05, 4.69) is 9.97 Å². The Balaban J connectivity index is 1.59. The van der Waals surface area contributed by atoms with Crippen molar-refractivity contribution in [3.8, 4) is 22.7 Å². The van der Waals surface area contributed by atoms with Gasteiger partial charge in [0.25, 0.3) is 0 Å². The van der Waals surface area contributed by atoms with Crippen LogP contribution in [0.5, 0.6) is 5.75 Å². The number of hydrogen-bond acceptors (Lipinski definition) is 8. The van der Waals surface area contributed by atoms with E-state index in [1.54, 1.807) is 30.3 Å². The van der Waals surface area contributed by atoms with Gasteiger partial charge in [0.2, 0.25) is 5.91 Å². The third-order valence-corrected chi connectivity index (χ3v) is 8.40. The normalized spacial score (nSPS) is 16.7. The van der Waals surface area contributed by atoms with Crippen LogP contribution in [-0.4, -0.2) is 76.3 Å². The highest BCUT2D eigenvalue weighted by atomic mass is 19.1. The lowest BCUT2D eigenvalue weighted by atomic mass is 10.0. The molecule has 1 fully saturated rings. The lowest BCUT2D eigenvalue weighted by Crippen LogP contribution is -2.54. The molecule has 0 unspecified atom stereocenters. The molecule has 3 aromatic heterocycles. The molecule has 0 radical (unpaired) electrons. The first kappa shape index (κ1) is 31.3. The average molecular weight is 631 g/mol. The van der Waals surface area contributed by atoms with E-state index in [0.29, 0.717) is 50.5 Å². The maximum absolute atomic E-state index is 16.2. The van der Waals surface area contributed by atoms with Crippen molar-refractivity contribution in [3.63, 3.8) is 0 Å². The van der Waals surface area contributed by atoms with E-state index >= 15 is 8.78 Å². The van der Waals surface area contributed by atoms with Gasteiger partial charge in [0.15, 0.2) is 11.5 Å². The number of hydrogen-bond donors (Lipinski definition) is 0. The quantitative estimate of drug-likeness (QED) is 0.290. The number of benzene rings is 1. The molecule has 1 aromatic carbocycles. The summed E-state index contributed by atoms with van der Waals surface area (Å²) in [5.41, 5.74) is 1.18. The zero-order valence-corrected chi connectivity index (χ0v) is 26.3. The third-order valence-electron chi connectivity index (χ3n) is 8.40. The van der Waals surface area contributed by atoms with Gasteiger partial charge in [-0.2, -0.15) is 4.98 Å². The predicted octanol–water partition coefficient (Wildman–Crippen LogP) is 4.81. The fourth-order valence-electron chi connectivity index (χ4n) is 6.22. The summed E-state index contributed by atoms with van der Waals surface area (Å²) in [4.78, 5) is 44.5. The predicted molar refractivity (Wildman–Crippen MR) is 171 cm³/mol. The first-order valence-electron chi connectivity index (χ1n) is 15.4. The highest BCUT2D eigenvalue weighted by Gasteiger charge is 2.31. The second kappa shape index (κ2) is 13.0. The molecule has 4 aromatic rings. The molecular formula is C34H36F2N6O4. The van der Waals surface area contributed by atoms with E-state index in [4.69, 9.17) is 14.5 Å². The van der Waals surface area contributed by atoms with E-state index in [1.807, 2.05) is 31.7 Å². The number of ether oxygens (including phenoxy) is 2. The van der Waals surface area contributed by atoms with Gasteiger partial charge < -0.3 is 19.3 Å². The van der Waals surface area contributed by atoms with Gasteiger partial charge in [-0.1, -0.05) is 26.0 Å². The molecule has 10 nitrogen and oxygen atoms in total. The van der Waals surface area contributed by atoms with Crippen LogP contribution in [-0.2, 0) is 16.0 Å². The molecule has 12 heteroatoms. The Bertz CT molecular complexity index is 1890. The maximum Gasteiger partial charge on any atom is 0.355 e. The molecule has 2 aliphatic rings. The number of nitrogens with zero attached hydrogens (tertiary/aromatic N) is 6. The summed E-state index contributed by atoms with van der Waals surface area (Å²) in [5.74, 6) is -1.28. The molecule has 46 heavy (non-hydrogen) atoms. The number of aromatic nitrogens is 4. The summed E-state index contributed by atoms with van der Waals surface area (Å²) in [6, 6.07) is 7.18. The van der Waals surface area contributed by atoms with Crippen molar-refractivity contribution >= 4 is 22.8 Å². The van der Waals surface area contributed by atoms with Crippen molar-refractivity contribution in [3.05, 3.63) is 82.1 Å². The monoisotopic (exact) mass is 630 g/mol. The highest BCUT2D eigenvalue weighted by molar-refractivity contribution is 5.91. The summed E-state index contributed by atoms with van der Waals surface area (Å²) in [7, 11) is 1.55. The van der Waals surface area contributed by atoms with E-state index in [1.165, 1.54) is 28.8 Å². The van der Waals surface area contributed by atoms with Gasteiger partial charge >= 0.3 is 5.69 Å². The zero-order valence-electron chi connectivity index (χ0n) is 26.3. The number of piperazine rings is 1. The fourth-order valence-corrected chi connectivity index (χ4v) is 6.22. The van der Waals surface area contributed by atoms with Crippen LogP contribution >= 0.6 is 0 Å². The molecule has 0 saturated carbocycles. The van der Waals surface area contributed by atoms with Gasteiger partial charge in [0.1, 0.15) is 23.1 Å². The van der Waals surface area contributed by atoms with Crippen LogP contribution in [0.2, 0.25) is 0 Å². The average Bonchev–Trinajstić information content (AvgIpc) is 3.02. The van der Waals surface area contributed by atoms with Crippen LogP contribution in [0, 0.1) is 11.6 Å². The van der Waals surface area contributed by atoms with Crippen molar-refractivity contribution < 1.29 is 23.0 Å². The van der Waals surface area contributed by atoms with Crippen LogP contribution in [0.1, 0.15) is 44.4 Å². The molecule has 2 aliphatic heterocycles. The standard InChI is InChI=1S/C34H36F2N6O4/c1-20(2)29-31-22(12-13-37-29)8-6-17-46-26-10-5-9-24(35)28(26)30-25(36)18-23-32(39-34(44)42(31)33(23)38-30)41-15-14-40(19-21(41)3)27(43)11-7-16-45-4/h5,7,9-13,18,20-21H,6,8,14-17,19H2,1-4H3/b11-7+/t21-/m0/s1. The van der Waals surface area contributed by atoms with Gasteiger partial charge in [-0.05, 0) is 55.5 Å². The molecule has 0 aliphatic carbocycles. The number of pyridine rings is 2. The minimum atomic E-state index is -0.784. The smallest absolute Gasteiger partial charge is 0.355 e. The lowest BCUT2D eigenvalue weighted by molar-refractivity contribution is -0.126. The number of aryl methyl sites for hydroxylation is 1. The number of carbonyl (C=O) groups is 1. The maximum atomic E-state index is 16.2. The molecule has 6 rings (SSSR count). The van der Waals surface area contributed by atoms with E-state index in [9.17, 15) is 9.59 Å². The van der Waals surface area contributed by atoms with Gasteiger partial charge in [-0.15, -0.1) is 0 Å². The van der Waals surface area contributed by atoms with Crippen LogP contribution < -0.4 is 15.3 Å². The van der Waals surface area contributed by atoms with Crippen molar-refractivity contribution in [2.45, 2.75) is 45.6 Å². The first-order chi connectivity index (χ1) is 22.2. The Morgan fingerprint density at radius 2 is 2.00 bits per heavy atom. The van der Waals surface area contributed by atoms with Gasteiger partial charge in [0.05, 0.1) is 35.5 Å². The molecule has 1 saturated heterocycles. The summed E-state index contributed by atoms with van der Waals surface area (Å²) in [6.45, 7) is 7.51. The third kappa shape index (κ3) is 5.73. The summed E-state index contributed by atoms with van der Waals surface area (Å²) in [6.07, 6.45) is 5.95. The number of carbonyl (C=O) groups excluding carboxylic acids is 1. The van der Waals surface area contributed by atoms with Crippen LogP contribution in [0.3, 0.4) is 0 Å². The number of anilines is 1. The van der Waals surface area contributed by atoms with Crippen molar-refractivity contribution in [2.75, 3.05) is 44.9 Å². The van der Waals surface area contributed by atoms with E-state index in [0.717, 1.165) is 5.56 Å². The molecule has 0 spiro atoms. The highest BCUT2D eigenvalue weighted by Crippen LogP contribution is 2.38. The van der Waals surface area contributed by atoms with Crippen molar-refractivity contribution in [1.82, 2.24) is 24.4 Å². The fraction of sp³-hybridized carbons (Fsp3) is 0.382. The minimum Gasteiger partial charge on any atom is -0.493 e. The van der Waals surface area contributed by atoms with Gasteiger partial charge in [-0.25, -0.2) is 23.1 Å². The Morgan fingerprint density at radius 3 is 2.76 bits per heavy atom. The summed E-state index contributed by atoms with van der Waals surface area (Å²) >= 11 is 0. The minimum absolute atomic E-state index is 0.0672. The zero-order chi connectivity index (χ0) is 32.5. The second-order valence-corrected chi connectivity index (χ2v) is 11.9. The van der Waals surface area contributed by atoms with Crippen molar-refractivity contribution in [2.24, 2.45) is 0 Å². The van der Waals surface area contributed by atoms with Gasteiger partial charge in [0, 0.05) is 45.1 Å². The largest absolute Gasteiger partial charge is 0.493 e. The van der Waals surface area contributed by atoms with E-state index < -0.39 is 17.3 Å².